The Morgan fingerprint density at radius 3 is 2.73 bits per heavy atom. The number of rotatable bonds is 6. The van der Waals surface area contributed by atoms with Crippen LogP contribution in [-0.4, -0.2) is 24.1 Å². The van der Waals surface area contributed by atoms with Gasteiger partial charge in [-0.25, -0.2) is 4.98 Å². The average Bonchev–Trinajstić information content (AvgIpc) is 3.41. The fourth-order valence-electron chi connectivity index (χ4n) is 5.65. The van der Waals surface area contributed by atoms with Crippen molar-refractivity contribution in [1.82, 2.24) is 4.98 Å². The highest BCUT2D eigenvalue weighted by atomic mass is 16.3. The number of hydrogen-bond acceptors (Lipinski definition) is 5. The second kappa shape index (κ2) is 10.1. The second-order valence-corrected chi connectivity index (χ2v) is 9.59. The van der Waals surface area contributed by atoms with Gasteiger partial charge in [-0.05, 0) is 92.0 Å². The van der Waals surface area contributed by atoms with Crippen LogP contribution < -0.4 is 10.2 Å². The van der Waals surface area contributed by atoms with E-state index in [1.54, 1.807) is 12.5 Å². The van der Waals surface area contributed by atoms with Crippen LogP contribution in [0, 0.1) is 23.2 Å². The van der Waals surface area contributed by atoms with Crippen LogP contribution >= 0.6 is 0 Å². The van der Waals surface area contributed by atoms with Crippen molar-refractivity contribution in [2.45, 2.75) is 51.0 Å². The molecule has 0 spiro atoms. The third-order valence-corrected chi connectivity index (χ3v) is 7.37. The molecule has 1 N–H and O–H groups in total. The molecule has 2 aromatic heterocycles. The number of benzene rings is 1. The van der Waals surface area contributed by atoms with Crippen LogP contribution in [0.25, 0.3) is 11.1 Å². The van der Waals surface area contributed by atoms with Gasteiger partial charge in [0.15, 0.2) is 0 Å². The van der Waals surface area contributed by atoms with Gasteiger partial charge in [0.05, 0.1) is 24.2 Å². The Kier molecular flexibility index (Phi) is 6.62. The normalized spacial score (nSPS) is 23.1. The summed E-state index contributed by atoms with van der Waals surface area (Å²) < 4.78 is 5.25. The van der Waals surface area contributed by atoms with Crippen molar-refractivity contribution in [2.24, 2.45) is 11.8 Å². The van der Waals surface area contributed by atoms with Gasteiger partial charge in [-0.3, -0.25) is 0 Å². The molecule has 5 rings (SSSR count). The first-order valence-electron chi connectivity index (χ1n) is 12.3. The SMILES string of the molecule is N#Cc1ccc(N2CCC[C@H](C[C@@H]3CCCC[C@H]3Nc3cc(-c4ccoc4)ccn3)C2)cc1. The quantitative estimate of drug-likeness (QED) is 0.474. The number of furan rings is 1. The van der Waals surface area contributed by atoms with E-state index in [-0.39, 0.29) is 0 Å². The van der Waals surface area contributed by atoms with Crippen molar-refractivity contribution in [3.63, 3.8) is 0 Å². The highest BCUT2D eigenvalue weighted by Gasteiger charge is 2.30. The monoisotopic (exact) mass is 440 g/mol. The topological polar surface area (TPSA) is 65.1 Å². The van der Waals surface area contributed by atoms with Gasteiger partial charge in [-0.15, -0.1) is 0 Å². The number of anilines is 2. The van der Waals surface area contributed by atoms with Crippen molar-refractivity contribution < 1.29 is 4.42 Å². The molecule has 0 amide bonds. The van der Waals surface area contributed by atoms with Crippen LogP contribution in [-0.2, 0) is 0 Å². The molecule has 1 aliphatic carbocycles. The molecule has 5 heteroatoms. The van der Waals surface area contributed by atoms with E-state index in [1.807, 2.05) is 30.5 Å². The summed E-state index contributed by atoms with van der Waals surface area (Å²) in [6.07, 6.45) is 14.3. The van der Waals surface area contributed by atoms with Gasteiger partial charge in [0.2, 0.25) is 0 Å². The molecule has 5 nitrogen and oxygen atoms in total. The highest BCUT2D eigenvalue weighted by Crippen LogP contribution is 2.35. The molecule has 0 radical (unpaired) electrons. The first-order valence-corrected chi connectivity index (χ1v) is 12.3. The second-order valence-electron chi connectivity index (χ2n) is 9.59. The maximum Gasteiger partial charge on any atom is 0.126 e. The third kappa shape index (κ3) is 5.22. The van der Waals surface area contributed by atoms with Crippen molar-refractivity contribution >= 4 is 11.5 Å². The van der Waals surface area contributed by atoms with Gasteiger partial charge in [0.25, 0.3) is 0 Å². The summed E-state index contributed by atoms with van der Waals surface area (Å²) in [7, 11) is 0. The molecule has 1 saturated heterocycles. The predicted molar refractivity (Wildman–Crippen MR) is 132 cm³/mol. The highest BCUT2D eigenvalue weighted by molar-refractivity contribution is 5.65. The average molecular weight is 441 g/mol. The minimum absolute atomic E-state index is 0.483. The molecular formula is C28H32N4O. The largest absolute Gasteiger partial charge is 0.472 e. The van der Waals surface area contributed by atoms with Crippen LogP contribution in [0.5, 0.6) is 0 Å². The van der Waals surface area contributed by atoms with Crippen LogP contribution in [0.2, 0.25) is 0 Å². The lowest BCUT2D eigenvalue weighted by molar-refractivity contribution is 0.247. The summed E-state index contributed by atoms with van der Waals surface area (Å²) in [5, 5.41) is 12.9. The van der Waals surface area contributed by atoms with Gasteiger partial charge in [0.1, 0.15) is 5.82 Å². The Morgan fingerprint density at radius 2 is 1.91 bits per heavy atom. The number of nitriles is 1. The van der Waals surface area contributed by atoms with Gasteiger partial charge in [-0.1, -0.05) is 12.8 Å². The maximum atomic E-state index is 9.08. The Bertz CT molecular complexity index is 1070. The van der Waals surface area contributed by atoms with E-state index in [4.69, 9.17) is 9.68 Å². The minimum atomic E-state index is 0.483. The molecule has 2 aliphatic rings. The van der Waals surface area contributed by atoms with Crippen LogP contribution in [0.15, 0.2) is 65.6 Å². The lowest BCUT2D eigenvalue weighted by atomic mass is 9.77. The van der Waals surface area contributed by atoms with E-state index in [2.05, 4.69) is 39.5 Å². The Balaban J connectivity index is 1.23. The number of nitrogens with zero attached hydrogens (tertiary/aromatic N) is 3. The molecule has 33 heavy (non-hydrogen) atoms. The van der Waals surface area contributed by atoms with Crippen LogP contribution in [0.1, 0.15) is 50.5 Å². The molecule has 3 heterocycles. The zero-order chi connectivity index (χ0) is 22.5. The standard InChI is InChI=1S/C28H32N4O/c29-18-21-7-9-26(10-8-21)32-14-3-4-22(19-32)16-24-5-1-2-6-27(24)31-28-17-23(11-13-30-28)25-12-15-33-20-25/h7-13,15,17,20,22,24,27H,1-6,14,16,19H2,(H,30,31)/t22-,24+,27-/m1/s1. The van der Waals surface area contributed by atoms with E-state index in [9.17, 15) is 0 Å². The Hall–Kier alpha value is -3.26. The lowest BCUT2D eigenvalue weighted by Gasteiger charge is -2.39. The fourth-order valence-corrected chi connectivity index (χ4v) is 5.65. The van der Waals surface area contributed by atoms with E-state index in [1.165, 1.54) is 50.6 Å². The molecule has 3 atom stereocenters. The van der Waals surface area contributed by atoms with Crippen LogP contribution in [0.3, 0.4) is 0 Å². The zero-order valence-electron chi connectivity index (χ0n) is 19.1. The van der Waals surface area contributed by atoms with Gasteiger partial charge in [-0.2, -0.15) is 5.26 Å². The third-order valence-electron chi connectivity index (χ3n) is 7.37. The van der Waals surface area contributed by atoms with Crippen molar-refractivity contribution in [3.8, 4) is 17.2 Å². The van der Waals surface area contributed by atoms with Gasteiger partial charge >= 0.3 is 0 Å². The number of pyridine rings is 1. The van der Waals surface area contributed by atoms with E-state index < -0.39 is 0 Å². The van der Waals surface area contributed by atoms with Crippen molar-refractivity contribution in [1.29, 1.82) is 5.26 Å². The number of aromatic nitrogens is 1. The molecule has 0 bridgehead atoms. The van der Waals surface area contributed by atoms with Crippen LogP contribution in [0.4, 0.5) is 11.5 Å². The number of nitrogens with one attached hydrogen (secondary N) is 1. The zero-order valence-corrected chi connectivity index (χ0v) is 19.1. The maximum absolute atomic E-state index is 9.08. The molecular weight excluding hydrogens is 408 g/mol. The van der Waals surface area contributed by atoms with E-state index in [0.29, 0.717) is 17.9 Å². The summed E-state index contributed by atoms with van der Waals surface area (Å²) in [5.74, 6) is 2.37. The number of piperidine rings is 1. The Morgan fingerprint density at radius 1 is 1.03 bits per heavy atom. The first kappa shape index (κ1) is 21.6. The lowest BCUT2D eigenvalue weighted by Crippen LogP contribution is -2.39. The smallest absolute Gasteiger partial charge is 0.126 e. The molecule has 170 valence electrons. The minimum Gasteiger partial charge on any atom is -0.472 e. The van der Waals surface area contributed by atoms with Gasteiger partial charge < -0.3 is 14.6 Å². The van der Waals surface area contributed by atoms with Crippen molar-refractivity contribution in [3.05, 3.63) is 66.8 Å². The summed E-state index contributed by atoms with van der Waals surface area (Å²) in [6.45, 7) is 2.23. The van der Waals surface area contributed by atoms with E-state index in [0.717, 1.165) is 35.6 Å². The van der Waals surface area contributed by atoms with Gasteiger partial charge in [0, 0.05) is 36.6 Å². The summed E-state index contributed by atoms with van der Waals surface area (Å²) in [4.78, 5) is 7.13. The molecule has 3 aromatic rings. The van der Waals surface area contributed by atoms with Crippen molar-refractivity contribution in [2.75, 3.05) is 23.3 Å². The summed E-state index contributed by atoms with van der Waals surface area (Å²) in [5.41, 5.74) is 4.20. The molecule has 0 unspecified atom stereocenters. The molecule has 1 aliphatic heterocycles. The summed E-state index contributed by atoms with van der Waals surface area (Å²) in [6, 6.07) is 16.9. The summed E-state index contributed by atoms with van der Waals surface area (Å²) >= 11 is 0. The number of hydrogen-bond donors (Lipinski definition) is 1. The fraction of sp³-hybridized carbons (Fsp3) is 0.429. The molecule has 1 saturated carbocycles. The van der Waals surface area contributed by atoms with E-state index >= 15 is 0 Å². The first-order chi connectivity index (χ1) is 16.3. The predicted octanol–water partition coefficient (Wildman–Crippen LogP) is 6.49. The molecule has 2 fully saturated rings. The molecule has 1 aromatic carbocycles. The Labute approximate surface area is 196 Å².